The van der Waals surface area contributed by atoms with Crippen molar-refractivity contribution < 1.29 is 4.74 Å². The van der Waals surface area contributed by atoms with Crippen LogP contribution in [0.4, 0.5) is 0 Å². The minimum Gasteiger partial charge on any atom is -0.385 e. The lowest BCUT2D eigenvalue weighted by Gasteiger charge is -2.32. The summed E-state index contributed by atoms with van der Waals surface area (Å²) < 4.78 is 5.09. The van der Waals surface area contributed by atoms with Crippen LogP contribution < -0.4 is 5.73 Å². The van der Waals surface area contributed by atoms with Crippen LogP contribution in [-0.4, -0.2) is 13.7 Å². The third-order valence-corrected chi connectivity index (χ3v) is 3.17. The Morgan fingerprint density at radius 2 is 1.93 bits per heavy atom. The summed E-state index contributed by atoms with van der Waals surface area (Å²) in [5.74, 6) is 0.403. The van der Waals surface area contributed by atoms with Crippen LogP contribution >= 0.6 is 0 Å². The van der Waals surface area contributed by atoms with Crippen LogP contribution in [0.3, 0.4) is 0 Å². The molecule has 2 heteroatoms. The van der Waals surface area contributed by atoms with Gasteiger partial charge in [-0.15, -0.1) is 0 Å². The maximum Gasteiger partial charge on any atom is 0.0465 e. The number of ether oxygens (including phenoxy) is 1. The maximum absolute atomic E-state index is 6.37. The zero-order valence-corrected chi connectivity index (χ0v) is 9.86. The number of benzene rings is 1. The van der Waals surface area contributed by atoms with Gasteiger partial charge in [-0.2, -0.15) is 0 Å². The van der Waals surface area contributed by atoms with E-state index in [0.29, 0.717) is 5.92 Å². The quantitative estimate of drug-likeness (QED) is 0.805. The van der Waals surface area contributed by atoms with Gasteiger partial charge in [0.15, 0.2) is 0 Å². The second-order valence-corrected chi connectivity index (χ2v) is 4.33. The van der Waals surface area contributed by atoms with E-state index in [1.54, 1.807) is 7.11 Å². The second-order valence-electron chi connectivity index (χ2n) is 4.33. The Balaban J connectivity index is 2.73. The van der Waals surface area contributed by atoms with Crippen LogP contribution in [0.2, 0.25) is 0 Å². The van der Waals surface area contributed by atoms with Gasteiger partial charge in [-0.25, -0.2) is 0 Å². The first-order valence-corrected chi connectivity index (χ1v) is 5.42. The fraction of sp³-hybridized carbons (Fsp3) is 0.538. The van der Waals surface area contributed by atoms with Crippen molar-refractivity contribution in [2.24, 2.45) is 11.7 Å². The van der Waals surface area contributed by atoms with E-state index in [1.165, 1.54) is 5.56 Å². The maximum atomic E-state index is 6.37. The van der Waals surface area contributed by atoms with E-state index in [0.717, 1.165) is 13.0 Å². The van der Waals surface area contributed by atoms with E-state index >= 15 is 0 Å². The van der Waals surface area contributed by atoms with Crippen LogP contribution in [-0.2, 0) is 10.3 Å². The van der Waals surface area contributed by atoms with Crippen molar-refractivity contribution in [2.45, 2.75) is 25.8 Å². The summed E-state index contributed by atoms with van der Waals surface area (Å²) in [6.07, 6.45) is 0.985. The summed E-state index contributed by atoms with van der Waals surface area (Å²) in [7, 11) is 1.73. The predicted octanol–water partition coefficient (Wildman–Crippen LogP) is 2.53. The van der Waals surface area contributed by atoms with Crippen molar-refractivity contribution >= 4 is 0 Å². The van der Waals surface area contributed by atoms with Crippen LogP contribution in [0, 0.1) is 5.92 Å². The van der Waals surface area contributed by atoms with Gasteiger partial charge in [-0.05, 0) is 24.8 Å². The molecule has 0 heterocycles. The molecule has 0 saturated heterocycles. The molecule has 84 valence electrons. The first-order valence-electron chi connectivity index (χ1n) is 5.42. The summed E-state index contributed by atoms with van der Waals surface area (Å²) in [6.45, 7) is 5.02. The first kappa shape index (κ1) is 12.2. The minimum absolute atomic E-state index is 0.278. The summed E-state index contributed by atoms with van der Waals surface area (Å²) in [6, 6.07) is 10.2. The lowest BCUT2D eigenvalue weighted by Crippen LogP contribution is -2.40. The van der Waals surface area contributed by atoms with Gasteiger partial charge in [0.1, 0.15) is 0 Å². The highest BCUT2D eigenvalue weighted by molar-refractivity contribution is 5.23. The van der Waals surface area contributed by atoms with Gasteiger partial charge >= 0.3 is 0 Å². The van der Waals surface area contributed by atoms with E-state index in [4.69, 9.17) is 10.5 Å². The van der Waals surface area contributed by atoms with Crippen molar-refractivity contribution in [3.05, 3.63) is 35.9 Å². The molecule has 1 aromatic rings. The molecule has 1 aromatic carbocycles. The molecule has 0 radical (unpaired) electrons. The van der Waals surface area contributed by atoms with Gasteiger partial charge in [0.05, 0.1) is 0 Å². The highest BCUT2D eigenvalue weighted by atomic mass is 16.5. The van der Waals surface area contributed by atoms with E-state index in [-0.39, 0.29) is 5.54 Å². The molecule has 0 spiro atoms. The lowest BCUT2D eigenvalue weighted by atomic mass is 9.80. The number of nitrogens with two attached hydrogens (primary N) is 1. The SMILES string of the molecule is COCCC(C)C(C)(N)c1ccccc1. The summed E-state index contributed by atoms with van der Waals surface area (Å²) in [5, 5.41) is 0. The smallest absolute Gasteiger partial charge is 0.0465 e. The Hall–Kier alpha value is -0.860. The molecule has 2 atom stereocenters. The van der Waals surface area contributed by atoms with Crippen LogP contribution in [0.15, 0.2) is 30.3 Å². The largest absolute Gasteiger partial charge is 0.385 e. The minimum atomic E-state index is -0.278. The van der Waals surface area contributed by atoms with Crippen molar-refractivity contribution in [3.8, 4) is 0 Å². The van der Waals surface area contributed by atoms with Gasteiger partial charge in [-0.1, -0.05) is 37.3 Å². The molecule has 2 nitrogen and oxygen atoms in total. The van der Waals surface area contributed by atoms with Crippen LogP contribution in [0.25, 0.3) is 0 Å². The number of methoxy groups -OCH3 is 1. The Morgan fingerprint density at radius 1 is 1.33 bits per heavy atom. The summed E-state index contributed by atoms with van der Waals surface area (Å²) in [4.78, 5) is 0. The molecule has 1 rings (SSSR count). The fourth-order valence-electron chi connectivity index (χ4n) is 1.68. The third kappa shape index (κ3) is 3.05. The van der Waals surface area contributed by atoms with Crippen molar-refractivity contribution in [1.82, 2.24) is 0 Å². The Kier molecular flexibility index (Phi) is 4.30. The second kappa shape index (κ2) is 5.29. The fourth-order valence-corrected chi connectivity index (χ4v) is 1.68. The molecule has 0 aromatic heterocycles. The van der Waals surface area contributed by atoms with Crippen LogP contribution in [0.1, 0.15) is 25.8 Å². The van der Waals surface area contributed by atoms with Gasteiger partial charge in [0, 0.05) is 19.3 Å². The Morgan fingerprint density at radius 3 is 2.47 bits per heavy atom. The van der Waals surface area contributed by atoms with Gasteiger partial charge in [-0.3, -0.25) is 0 Å². The van der Waals surface area contributed by atoms with E-state index in [1.807, 2.05) is 18.2 Å². The molecule has 0 aliphatic heterocycles. The number of hydrogen-bond donors (Lipinski definition) is 1. The van der Waals surface area contributed by atoms with Gasteiger partial charge in [0.25, 0.3) is 0 Å². The summed E-state index contributed by atoms with van der Waals surface area (Å²) in [5.41, 5.74) is 7.28. The molecule has 0 saturated carbocycles. The zero-order valence-electron chi connectivity index (χ0n) is 9.86. The van der Waals surface area contributed by atoms with E-state index in [2.05, 4.69) is 26.0 Å². The average Bonchev–Trinajstić information content (AvgIpc) is 2.27. The third-order valence-electron chi connectivity index (χ3n) is 3.17. The zero-order chi connectivity index (χ0) is 11.3. The summed E-state index contributed by atoms with van der Waals surface area (Å²) >= 11 is 0. The van der Waals surface area contributed by atoms with Crippen molar-refractivity contribution in [1.29, 1.82) is 0 Å². The molecule has 0 amide bonds. The van der Waals surface area contributed by atoms with Gasteiger partial charge in [0.2, 0.25) is 0 Å². The van der Waals surface area contributed by atoms with Crippen LogP contribution in [0.5, 0.6) is 0 Å². The normalized spacial score (nSPS) is 17.1. The molecule has 15 heavy (non-hydrogen) atoms. The molecular formula is C13H21NO. The molecule has 2 N–H and O–H groups in total. The predicted molar refractivity (Wildman–Crippen MR) is 63.6 cm³/mol. The number of hydrogen-bond acceptors (Lipinski definition) is 2. The Labute approximate surface area is 92.4 Å². The average molecular weight is 207 g/mol. The highest BCUT2D eigenvalue weighted by Gasteiger charge is 2.27. The molecule has 0 bridgehead atoms. The Bertz CT molecular complexity index is 282. The van der Waals surface area contributed by atoms with E-state index in [9.17, 15) is 0 Å². The van der Waals surface area contributed by atoms with E-state index < -0.39 is 0 Å². The van der Waals surface area contributed by atoms with Crippen molar-refractivity contribution in [2.75, 3.05) is 13.7 Å². The topological polar surface area (TPSA) is 35.2 Å². The van der Waals surface area contributed by atoms with Crippen molar-refractivity contribution in [3.63, 3.8) is 0 Å². The highest BCUT2D eigenvalue weighted by Crippen LogP contribution is 2.28. The molecule has 0 aliphatic carbocycles. The molecule has 0 fully saturated rings. The molecule has 2 unspecified atom stereocenters. The monoisotopic (exact) mass is 207 g/mol. The molecule has 0 aliphatic rings. The van der Waals surface area contributed by atoms with Gasteiger partial charge < -0.3 is 10.5 Å². The molecular weight excluding hydrogens is 186 g/mol. The number of rotatable bonds is 5. The lowest BCUT2D eigenvalue weighted by molar-refractivity contribution is 0.159. The first-order chi connectivity index (χ1) is 7.09. The standard InChI is InChI=1S/C13H21NO/c1-11(9-10-15-3)13(2,14)12-7-5-4-6-8-12/h4-8,11H,9-10,14H2,1-3H3.